The van der Waals surface area contributed by atoms with Crippen LogP contribution in [0.5, 0.6) is 0 Å². The van der Waals surface area contributed by atoms with Crippen LogP contribution in [0.3, 0.4) is 0 Å². The number of amides is 2. The molecule has 2 N–H and O–H groups in total. The van der Waals surface area contributed by atoms with Gasteiger partial charge in [-0.3, -0.25) is 9.59 Å². The lowest BCUT2D eigenvalue weighted by molar-refractivity contribution is -0.121. The van der Waals surface area contributed by atoms with Crippen LogP contribution in [0.4, 0.5) is 0 Å². The van der Waals surface area contributed by atoms with Crippen molar-refractivity contribution in [3.05, 3.63) is 24.0 Å². The predicted octanol–water partition coefficient (Wildman–Crippen LogP) is 0.670. The highest BCUT2D eigenvalue weighted by Crippen LogP contribution is 1.99. The zero-order valence-electron chi connectivity index (χ0n) is 10.7. The summed E-state index contributed by atoms with van der Waals surface area (Å²) in [5, 5.41) is 5.35. The van der Waals surface area contributed by atoms with E-state index in [1.165, 1.54) is 0 Å². The molecule has 1 heterocycles. The topological polar surface area (TPSA) is 63.1 Å². The molecule has 0 radical (unpaired) electrons. The third kappa shape index (κ3) is 4.30. The lowest BCUT2D eigenvalue weighted by Gasteiger charge is -2.20. The van der Waals surface area contributed by atoms with Gasteiger partial charge in [0.2, 0.25) is 5.91 Å². The Kier molecular flexibility index (Phi) is 3.93. The molecule has 0 unspecified atom stereocenters. The van der Waals surface area contributed by atoms with Crippen LogP contribution in [0, 0.1) is 0 Å². The summed E-state index contributed by atoms with van der Waals surface area (Å²) in [7, 11) is 1.78. The highest BCUT2D eigenvalue weighted by molar-refractivity contribution is 5.95. The largest absolute Gasteiger partial charge is 0.350 e. The van der Waals surface area contributed by atoms with Crippen molar-refractivity contribution in [1.82, 2.24) is 15.2 Å². The van der Waals surface area contributed by atoms with Crippen LogP contribution < -0.4 is 10.6 Å². The molecule has 94 valence electrons. The van der Waals surface area contributed by atoms with Crippen LogP contribution in [0.25, 0.3) is 0 Å². The molecule has 0 spiro atoms. The molecule has 1 aromatic rings. The summed E-state index contributed by atoms with van der Waals surface area (Å²) in [6.07, 6.45) is 1.78. The van der Waals surface area contributed by atoms with Crippen LogP contribution in [-0.2, 0) is 11.8 Å². The predicted molar refractivity (Wildman–Crippen MR) is 65.6 cm³/mol. The van der Waals surface area contributed by atoms with E-state index in [2.05, 4.69) is 10.6 Å². The summed E-state index contributed by atoms with van der Waals surface area (Å²) in [5.41, 5.74) is 0.251. The number of nitrogens with one attached hydrogen (secondary N) is 2. The summed E-state index contributed by atoms with van der Waals surface area (Å²) >= 11 is 0. The zero-order chi connectivity index (χ0) is 13.1. The van der Waals surface area contributed by atoms with Gasteiger partial charge in [-0.25, -0.2) is 0 Å². The van der Waals surface area contributed by atoms with E-state index in [0.717, 1.165) is 0 Å². The first kappa shape index (κ1) is 13.3. The van der Waals surface area contributed by atoms with Crippen molar-refractivity contribution >= 4 is 11.8 Å². The average molecular weight is 237 g/mol. The second-order valence-electron chi connectivity index (χ2n) is 4.99. The molecular weight excluding hydrogens is 218 g/mol. The quantitative estimate of drug-likeness (QED) is 0.811. The van der Waals surface area contributed by atoms with Gasteiger partial charge in [0.15, 0.2) is 0 Å². The van der Waals surface area contributed by atoms with E-state index in [4.69, 9.17) is 0 Å². The second kappa shape index (κ2) is 5.03. The van der Waals surface area contributed by atoms with Crippen molar-refractivity contribution < 1.29 is 9.59 Å². The number of carbonyl (C=O) groups excluding carboxylic acids is 2. The summed E-state index contributed by atoms with van der Waals surface area (Å²) in [6, 6.07) is 3.49. The number of aromatic nitrogens is 1. The summed E-state index contributed by atoms with van der Waals surface area (Å²) < 4.78 is 1.71. The molecule has 0 aliphatic heterocycles. The smallest absolute Gasteiger partial charge is 0.268 e. The second-order valence-corrected chi connectivity index (χ2v) is 4.99. The maximum atomic E-state index is 11.7. The lowest BCUT2D eigenvalue weighted by Crippen LogP contribution is -2.46. The van der Waals surface area contributed by atoms with Crippen molar-refractivity contribution in [1.29, 1.82) is 0 Å². The number of aryl methyl sites for hydroxylation is 1. The van der Waals surface area contributed by atoms with Crippen LogP contribution in [0.1, 0.15) is 31.3 Å². The van der Waals surface area contributed by atoms with Crippen LogP contribution >= 0.6 is 0 Å². The van der Waals surface area contributed by atoms with E-state index >= 15 is 0 Å². The van der Waals surface area contributed by atoms with Crippen molar-refractivity contribution in [2.75, 3.05) is 6.54 Å². The summed E-state index contributed by atoms with van der Waals surface area (Å²) in [5.74, 6) is -0.443. The molecule has 0 aliphatic rings. The SMILES string of the molecule is Cn1cccc1C(=O)NCC(=O)NC(C)(C)C. The lowest BCUT2D eigenvalue weighted by atomic mass is 10.1. The number of rotatable bonds is 3. The van der Waals surface area contributed by atoms with E-state index in [1.807, 2.05) is 20.8 Å². The molecule has 17 heavy (non-hydrogen) atoms. The van der Waals surface area contributed by atoms with Gasteiger partial charge in [-0.15, -0.1) is 0 Å². The molecule has 0 saturated heterocycles. The van der Waals surface area contributed by atoms with Crippen LogP contribution in [-0.4, -0.2) is 28.5 Å². The first-order valence-electron chi connectivity index (χ1n) is 5.50. The number of hydrogen-bond acceptors (Lipinski definition) is 2. The Morgan fingerprint density at radius 3 is 2.47 bits per heavy atom. The Morgan fingerprint density at radius 2 is 2.00 bits per heavy atom. The fourth-order valence-electron chi connectivity index (χ4n) is 1.41. The van der Waals surface area contributed by atoms with Gasteiger partial charge < -0.3 is 15.2 Å². The molecule has 0 aromatic carbocycles. The number of carbonyl (C=O) groups is 2. The Morgan fingerprint density at radius 1 is 1.35 bits per heavy atom. The van der Waals surface area contributed by atoms with E-state index in [1.54, 1.807) is 29.9 Å². The molecule has 1 rings (SSSR count). The Labute approximate surface area is 101 Å². The van der Waals surface area contributed by atoms with E-state index in [-0.39, 0.29) is 23.9 Å². The molecule has 0 aliphatic carbocycles. The first-order chi connectivity index (χ1) is 7.79. The normalized spacial score (nSPS) is 11.1. The fraction of sp³-hybridized carbons (Fsp3) is 0.500. The van der Waals surface area contributed by atoms with Crippen molar-refractivity contribution in [3.8, 4) is 0 Å². The van der Waals surface area contributed by atoms with Gasteiger partial charge in [0.05, 0.1) is 6.54 Å². The van der Waals surface area contributed by atoms with Crippen LogP contribution in [0.15, 0.2) is 18.3 Å². The molecule has 5 heteroatoms. The third-order valence-corrected chi connectivity index (χ3v) is 2.10. The van der Waals surface area contributed by atoms with Gasteiger partial charge in [0.25, 0.3) is 5.91 Å². The van der Waals surface area contributed by atoms with E-state index in [0.29, 0.717) is 5.69 Å². The maximum Gasteiger partial charge on any atom is 0.268 e. The fourth-order valence-corrected chi connectivity index (χ4v) is 1.41. The molecule has 2 amide bonds. The van der Waals surface area contributed by atoms with Crippen molar-refractivity contribution in [3.63, 3.8) is 0 Å². The van der Waals surface area contributed by atoms with Gasteiger partial charge in [-0.1, -0.05) is 0 Å². The molecule has 0 atom stereocenters. The van der Waals surface area contributed by atoms with Crippen LogP contribution in [0.2, 0.25) is 0 Å². The van der Waals surface area contributed by atoms with Crippen molar-refractivity contribution in [2.24, 2.45) is 7.05 Å². The maximum absolute atomic E-state index is 11.7. The molecule has 1 aromatic heterocycles. The highest BCUT2D eigenvalue weighted by Gasteiger charge is 2.15. The summed E-state index contributed by atoms with van der Waals surface area (Å²) in [4.78, 5) is 23.2. The first-order valence-corrected chi connectivity index (χ1v) is 5.50. The van der Waals surface area contributed by atoms with Crippen molar-refractivity contribution in [2.45, 2.75) is 26.3 Å². The molecule has 5 nitrogen and oxygen atoms in total. The minimum Gasteiger partial charge on any atom is -0.350 e. The molecule has 0 saturated carbocycles. The molecule has 0 bridgehead atoms. The summed E-state index contributed by atoms with van der Waals surface area (Å²) in [6.45, 7) is 5.67. The zero-order valence-corrected chi connectivity index (χ0v) is 10.7. The minimum atomic E-state index is -0.285. The molecule has 0 fully saturated rings. The van der Waals surface area contributed by atoms with Gasteiger partial charge in [0, 0.05) is 18.8 Å². The van der Waals surface area contributed by atoms with Gasteiger partial charge in [-0.05, 0) is 32.9 Å². The molecular formula is C12H19N3O2. The average Bonchev–Trinajstić information content (AvgIpc) is 2.58. The van der Waals surface area contributed by atoms with Gasteiger partial charge >= 0.3 is 0 Å². The van der Waals surface area contributed by atoms with Gasteiger partial charge in [0.1, 0.15) is 5.69 Å². The Balaban J connectivity index is 2.45. The van der Waals surface area contributed by atoms with E-state index in [9.17, 15) is 9.59 Å². The van der Waals surface area contributed by atoms with Gasteiger partial charge in [-0.2, -0.15) is 0 Å². The monoisotopic (exact) mass is 237 g/mol. The Bertz CT molecular complexity index is 416. The Hall–Kier alpha value is -1.78. The highest BCUT2D eigenvalue weighted by atomic mass is 16.2. The standard InChI is InChI=1S/C12H19N3O2/c1-12(2,3)14-10(16)8-13-11(17)9-6-5-7-15(9)4/h5-7H,8H2,1-4H3,(H,13,17)(H,14,16). The number of nitrogens with zero attached hydrogens (tertiary/aromatic N) is 1. The number of hydrogen-bond donors (Lipinski definition) is 2. The minimum absolute atomic E-state index is 0.0126. The van der Waals surface area contributed by atoms with E-state index < -0.39 is 0 Å². The third-order valence-electron chi connectivity index (χ3n) is 2.10.